The van der Waals surface area contributed by atoms with Gasteiger partial charge in [-0.25, -0.2) is 4.98 Å². The van der Waals surface area contributed by atoms with Crippen molar-refractivity contribution in [3.63, 3.8) is 0 Å². The minimum Gasteiger partial charge on any atom is -0.399 e. The maximum Gasteiger partial charge on any atom is 0.254 e. The average Bonchev–Trinajstić information content (AvgIpc) is 2.18. The molecule has 74 valence electrons. The van der Waals surface area contributed by atoms with Crippen LogP contribution in [0, 0.1) is 0 Å². The van der Waals surface area contributed by atoms with E-state index in [0.717, 1.165) is 0 Å². The third kappa shape index (κ3) is 1.67. The third-order valence-electron chi connectivity index (χ3n) is 2.03. The zero-order chi connectivity index (χ0) is 9.97. The molecule has 14 heavy (non-hydrogen) atoms. The Morgan fingerprint density at radius 3 is 3.14 bits per heavy atom. The molecule has 1 aromatic rings. The topological polar surface area (TPSA) is 68.4 Å². The van der Waals surface area contributed by atoms with E-state index in [-0.39, 0.29) is 12.5 Å². The monoisotopic (exact) mass is 193 g/mol. The molecule has 1 aliphatic heterocycles. The van der Waals surface area contributed by atoms with E-state index in [1.54, 1.807) is 23.2 Å². The number of nitrogens with zero attached hydrogens (tertiary/aromatic N) is 2. The molecule has 5 heteroatoms. The van der Waals surface area contributed by atoms with Gasteiger partial charge in [0, 0.05) is 18.0 Å². The molecule has 0 unspecified atom stereocenters. The molecule has 0 aliphatic carbocycles. The van der Waals surface area contributed by atoms with Crippen molar-refractivity contribution in [1.82, 2.24) is 4.98 Å². The molecule has 0 spiro atoms. The number of carbonyl (C=O) groups is 1. The zero-order valence-electron chi connectivity index (χ0n) is 7.64. The van der Waals surface area contributed by atoms with Gasteiger partial charge in [-0.05, 0) is 6.07 Å². The molecule has 0 radical (unpaired) electrons. The van der Waals surface area contributed by atoms with Crippen molar-refractivity contribution in [3.8, 4) is 0 Å². The number of nitrogens with two attached hydrogens (primary N) is 1. The number of aromatic nitrogens is 1. The molecule has 0 aromatic carbocycles. The van der Waals surface area contributed by atoms with E-state index in [1.165, 1.54) is 0 Å². The minimum absolute atomic E-state index is 0.0747. The van der Waals surface area contributed by atoms with Crippen molar-refractivity contribution in [2.45, 2.75) is 0 Å². The lowest BCUT2D eigenvalue weighted by Crippen LogP contribution is -2.42. The molecule has 5 nitrogen and oxygen atoms in total. The fraction of sp³-hybridized carbons (Fsp3) is 0.333. The van der Waals surface area contributed by atoms with Gasteiger partial charge in [-0.2, -0.15) is 0 Å². The predicted molar refractivity (Wildman–Crippen MR) is 51.8 cm³/mol. The number of anilines is 2. The van der Waals surface area contributed by atoms with E-state index in [2.05, 4.69) is 4.98 Å². The van der Waals surface area contributed by atoms with Crippen LogP contribution in [0.2, 0.25) is 0 Å². The van der Waals surface area contributed by atoms with Gasteiger partial charge in [0.2, 0.25) is 0 Å². The van der Waals surface area contributed by atoms with Crippen LogP contribution in [-0.2, 0) is 9.53 Å². The summed E-state index contributed by atoms with van der Waals surface area (Å²) in [4.78, 5) is 17.1. The number of amides is 1. The van der Waals surface area contributed by atoms with Gasteiger partial charge in [0.05, 0.1) is 13.2 Å². The highest BCUT2D eigenvalue weighted by Crippen LogP contribution is 2.15. The number of ether oxygens (including phenoxy) is 1. The summed E-state index contributed by atoms with van der Waals surface area (Å²) in [7, 11) is 0. The summed E-state index contributed by atoms with van der Waals surface area (Å²) >= 11 is 0. The smallest absolute Gasteiger partial charge is 0.254 e. The lowest BCUT2D eigenvalue weighted by molar-refractivity contribution is -0.125. The molecule has 1 fully saturated rings. The van der Waals surface area contributed by atoms with E-state index in [1.807, 2.05) is 0 Å². The Morgan fingerprint density at radius 1 is 1.57 bits per heavy atom. The molecule has 0 bridgehead atoms. The normalized spacial score (nSPS) is 17.1. The van der Waals surface area contributed by atoms with Crippen LogP contribution in [0.15, 0.2) is 18.3 Å². The molecule has 0 atom stereocenters. The average molecular weight is 193 g/mol. The zero-order valence-corrected chi connectivity index (χ0v) is 7.64. The van der Waals surface area contributed by atoms with Gasteiger partial charge < -0.3 is 10.5 Å². The van der Waals surface area contributed by atoms with E-state index in [0.29, 0.717) is 24.7 Å². The molecule has 1 aliphatic rings. The van der Waals surface area contributed by atoms with Crippen LogP contribution in [0.5, 0.6) is 0 Å². The first-order valence-electron chi connectivity index (χ1n) is 4.37. The van der Waals surface area contributed by atoms with Crippen LogP contribution < -0.4 is 10.6 Å². The molecule has 1 amide bonds. The van der Waals surface area contributed by atoms with Crippen LogP contribution in [0.25, 0.3) is 0 Å². The fourth-order valence-electron chi connectivity index (χ4n) is 1.34. The van der Waals surface area contributed by atoms with Crippen molar-refractivity contribution in [3.05, 3.63) is 18.3 Å². The summed E-state index contributed by atoms with van der Waals surface area (Å²) in [5.74, 6) is 0.521. The fourth-order valence-corrected chi connectivity index (χ4v) is 1.34. The Hall–Kier alpha value is -1.62. The van der Waals surface area contributed by atoms with Crippen molar-refractivity contribution in [2.75, 3.05) is 30.4 Å². The first-order valence-corrected chi connectivity index (χ1v) is 4.37. The Labute approximate surface area is 81.5 Å². The summed E-state index contributed by atoms with van der Waals surface area (Å²) < 4.78 is 5.01. The van der Waals surface area contributed by atoms with Crippen LogP contribution in [-0.4, -0.2) is 30.6 Å². The summed E-state index contributed by atoms with van der Waals surface area (Å²) in [6.07, 6.45) is 1.59. The number of carbonyl (C=O) groups excluding carboxylic acids is 1. The number of rotatable bonds is 1. The van der Waals surface area contributed by atoms with Crippen LogP contribution in [0.1, 0.15) is 0 Å². The molecule has 2 N–H and O–H groups in total. The number of pyridine rings is 1. The molecule has 2 heterocycles. The summed E-state index contributed by atoms with van der Waals surface area (Å²) in [6.45, 7) is 1.20. The lowest BCUT2D eigenvalue weighted by Gasteiger charge is -2.25. The minimum atomic E-state index is -0.0747. The third-order valence-corrected chi connectivity index (χ3v) is 2.03. The second-order valence-corrected chi connectivity index (χ2v) is 3.05. The highest BCUT2D eigenvalue weighted by molar-refractivity contribution is 5.94. The summed E-state index contributed by atoms with van der Waals surface area (Å²) in [6, 6.07) is 3.37. The molecular weight excluding hydrogens is 182 g/mol. The van der Waals surface area contributed by atoms with Crippen molar-refractivity contribution in [2.24, 2.45) is 0 Å². The van der Waals surface area contributed by atoms with Gasteiger partial charge in [0.1, 0.15) is 12.4 Å². The quantitative estimate of drug-likeness (QED) is 0.683. The SMILES string of the molecule is Nc1ccnc(N2CCOCC2=O)c1. The second kappa shape index (κ2) is 3.63. The van der Waals surface area contributed by atoms with Gasteiger partial charge in [0.25, 0.3) is 5.91 Å². The van der Waals surface area contributed by atoms with Gasteiger partial charge >= 0.3 is 0 Å². The van der Waals surface area contributed by atoms with E-state index >= 15 is 0 Å². The lowest BCUT2D eigenvalue weighted by atomic mass is 10.3. The van der Waals surface area contributed by atoms with Gasteiger partial charge in [-0.15, -0.1) is 0 Å². The van der Waals surface area contributed by atoms with E-state index in [9.17, 15) is 4.79 Å². The van der Waals surface area contributed by atoms with Crippen LogP contribution in [0.3, 0.4) is 0 Å². The number of hydrogen-bond donors (Lipinski definition) is 1. The second-order valence-electron chi connectivity index (χ2n) is 3.05. The molecule has 0 saturated carbocycles. The first kappa shape index (κ1) is 8.96. The maximum atomic E-state index is 11.4. The first-order chi connectivity index (χ1) is 6.77. The Morgan fingerprint density at radius 2 is 2.43 bits per heavy atom. The van der Waals surface area contributed by atoms with Gasteiger partial charge in [-0.1, -0.05) is 0 Å². The van der Waals surface area contributed by atoms with Crippen molar-refractivity contribution in [1.29, 1.82) is 0 Å². The number of hydrogen-bond acceptors (Lipinski definition) is 4. The summed E-state index contributed by atoms with van der Waals surface area (Å²) in [5.41, 5.74) is 6.21. The highest BCUT2D eigenvalue weighted by atomic mass is 16.5. The standard InChI is InChI=1S/C9H11N3O2/c10-7-1-2-11-8(5-7)12-3-4-14-6-9(12)13/h1-2,5H,3-4,6H2,(H2,10,11). The number of nitrogen functional groups attached to an aromatic ring is 1. The Kier molecular flexibility index (Phi) is 2.32. The van der Waals surface area contributed by atoms with Crippen LogP contribution >= 0.6 is 0 Å². The van der Waals surface area contributed by atoms with Gasteiger partial charge in [-0.3, -0.25) is 9.69 Å². The molecule has 1 saturated heterocycles. The molecule has 1 aromatic heterocycles. The highest BCUT2D eigenvalue weighted by Gasteiger charge is 2.20. The Balaban J connectivity index is 2.24. The largest absolute Gasteiger partial charge is 0.399 e. The molecular formula is C9H11N3O2. The van der Waals surface area contributed by atoms with E-state index in [4.69, 9.17) is 10.5 Å². The van der Waals surface area contributed by atoms with Crippen LogP contribution in [0.4, 0.5) is 11.5 Å². The molecule has 2 rings (SSSR count). The van der Waals surface area contributed by atoms with Crippen molar-refractivity contribution >= 4 is 17.4 Å². The maximum absolute atomic E-state index is 11.4. The van der Waals surface area contributed by atoms with E-state index < -0.39 is 0 Å². The number of morpholine rings is 1. The predicted octanol–water partition coefficient (Wildman–Crippen LogP) is 0.0270. The Bertz CT molecular complexity index is 354. The van der Waals surface area contributed by atoms with Gasteiger partial charge in [0.15, 0.2) is 0 Å². The summed E-state index contributed by atoms with van der Waals surface area (Å²) in [5, 5.41) is 0. The van der Waals surface area contributed by atoms with Crippen molar-refractivity contribution < 1.29 is 9.53 Å².